The third-order valence-corrected chi connectivity index (χ3v) is 3.46. The van der Waals surface area contributed by atoms with Gasteiger partial charge in [-0.1, -0.05) is 18.2 Å². The molecule has 0 aliphatic carbocycles. The van der Waals surface area contributed by atoms with Crippen molar-refractivity contribution in [1.29, 1.82) is 0 Å². The number of benzene rings is 2. The van der Waals surface area contributed by atoms with Crippen molar-refractivity contribution in [2.24, 2.45) is 0 Å². The second-order valence-electron chi connectivity index (χ2n) is 4.83. The Balaban J connectivity index is 1.66. The number of hydrogen-bond donors (Lipinski definition) is 1. The molecule has 2 aromatic heterocycles. The summed E-state index contributed by atoms with van der Waals surface area (Å²) in [5.74, 6) is 1.48. The molecule has 0 aliphatic heterocycles. The van der Waals surface area contributed by atoms with Gasteiger partial charge in [-0.05, 0) is 24.3 Å². The van der Waals surface area contributed by atoms with E-state index in [0.717, 1.165) is 16.8 Å². The number of fused-ring (bicyclic) bond motifs is 3. The Hall–Kier alpha value is -2.88. The molecule has 4 rings (SSSR count). The van der Waals surface area contributed by atoms with Crippen LogP contribution < -0.4 is 4.74 Å². The van der Waals surface area contributed by atoms with Crippen molar-refractivity contribution in [3.8, 4) is 5.75 Å². The summed E-state index contributed by atoms with van der Waals surface area (Å²) in [6.45, 7) is 0.368. The quantitative estimate of drug-likeness (QED) is 0.620. The average Bonchev–Trinajstić information content (AvgIpc) is 2.91. The minimum atomic E-state index is 0.368. The zero-order valence-corrected chi connectivity index (χ0v) is 11.3. The van der Waals surface area contributed by atoms with E-state index in [1.54, 1.807) is 18.5 Å². The van der Waals surface area contributed by atoms with Gasteiger partial charge in [0.05, 0.1) is 5.52 Å². The zero-order valence-electron chi connectivity index (χ0n) is 11.3. The third kappa shape index (κ3) is 2.21. The van der Waals surface area contributed by atoms with Crippen molar-refractivity contribution in [3.05, 3.63) is 66.7 Å². The molecule has 1 N–H and O–H groups in total. The van der Waals surface area contributed by atoms with Gasteiger partial charge in [-0.15, -0.1) is 0 Å². The SMILES string of the molecule is c1cnc(COc2ccc3c(c2)[nH]c2ccccc23)nc1. The summed E-state index contributed by atoms with van der Waals surface area (Å²) in [7, 11) is 0. The van der Waals surface area contributed by atoms with E-state index in [-0.39, 0.29) is 0 Å². The molecule has 4 nitrogen and oxygen atoms in total. The molecule has 2 aromatic carbocycles. The summed E-state index contributed by atoms with van der Waals surface area (Å²) >= 11 is 0. The molecule has 0 unspecified atom stereocenters. The summed E-state index contributed by atoms with van der Waals surface area (Å²) in [5, 5.41) is 2.43. The number of aromatic amines is 1. The Kier molecular flexibility index (Phi) is 2.78. The number of aromatic nitrogens is 3. The van der Waals surface area contributed by atoms with Gasteiger partial charge >= 0.3 is 0 Å². The number of nitrogens with one attached hydrogen (secondary N) is 1. The maximum absolute atomic E-state index is 5.75. The molecule has 0 bridgehead atoms. The van der Waals surface area contributed by atoms with Crippen molar-refractivity contribution in [2.45, 2.75) is 6.61 Å². The molecule has 4 heteroatoms. The van der Waals surface area contributed by atoms with Crippen LogP contribution in [0.1, 0.15) is 5.82 Å². The molecule has 0 spiro atoms. The molecule has 0 amide bonds. The summed E-state index contributed by atoms with van der Waals surface area (Å²) in [6, 6.07) is 16.1. The first kappa shape index (κ1) is 11.9. The first-order valence-corrected chi connectivity index (χ1v) is 6.79. The number of para-hydroxylation sites is 1. The predicted molar refractivity (Wildman–Crippen MR) is 82.2 cm³/mol. The Morgan fingerprint density at radius 1 is 0.857 bits per heavy atom. The molecule has 2 heterocycles. The van der Waals surface area contributed by atoms with Crippen molar-refractivity contribution in [2.75, 3.05) is 0 Å². The summed E-state index contributed by atoms with van der Waals surface area (Å²) < 4.78 is 5.75. The van der Waals surface area contributed by atoms with Gasteiger partial charge in [0.25, 0.3) is 0 Å². The molecule has 0 radical (unpaired) electrons. The highest BCUT2D eigenvalue weighted by Crippen LogP contribution is 2.28. The molecule has 102 valence electrons. The van der Waals surface area contributed by atoms with Crippen molar-refractivity contribution < 1.29 is 4.74 Å². The van der Waals surface area contributed by atoms with E-state index in [9.17, 15) is 0 Å². The van der Waals surface area contributed by atoms with E-state index < -0.39 is 0 Å². The van der Waals surface area contributed by atoms with Crippen molar-refractivity contribution >= 4 is 21.8 Å². The first-order chi connectivity index (χ1) is 10.4. The summed E-state index contributed by atoms with van der Waals surface area (Å²) in [5.41, 5.74) is 2.21. The van der Waals surface area contributed by atoms with Crippen LogP contribution in [-0.2, 0) is 6.61 Å². The first-order valence-electron chi connectivity index (χ1n) is 6.79. The van der Waals surface area contributed by atoms with Gasteiger partial charge in [0.2, 0.25) is 0 Å². The number of H-pyrrole nitrogens is 1. The van der Waals surface area contributed by atoms with Crippen LogP contribution >= 0.6 is 0 Å². The van der Waals surface area contributed by atoms with Gasteiger partial charge in [-0.25, -0.2) is 9.97 Å². The van der Waals surface area contributed by atoms with Gasteiger partial charge < -0.3 is 9.72 Å². The normalized spacial score (nSPS) is 11.0. The molecule has 21 heavy (non-hydrogen) atoms. The van der Waals surface area contributed by atoms with E-state index >= 15 is 0 Å². The van der Waals surface area contributed by atoms with E-state index in [4.69, 9.17) is 4.74 Å². The fourth-order valence-corrected chi connectivity index (χ4v) is 2.48. The smallest absolute Gasteiger partial charge is 0.166 e. The molecule has 0 saturated heterocycles. The molecular weight excluding hydrogens is 262 g/mol. The third-order valence-electron chi connectivity index (χ3n) is 3.46. The van der Waals surface area contributed by atoms with E-state index in [1.165, 1.54) is 10.8 Å². The zero-order chi connectivity index (χ0) is 14.1. The van der Waals surface area contributed by atoms with Crippen LogP contribution in [0.2, 0.25) is 0 Å². The Labute approximate surface area is 121 Å². The maximum atomic E-state index is 5.75. The van der Waals surface area contributed by atoms with Gasteiger partial charge in [-0.2, -0.15) is 0 Å². The van der Waals surface area contributed by atoms with Crippen LogP contribution in [0.5, 0.6) is 5.75 Å². The second-order valence-corrected chi connectivity index (χ2v) is 4.83. The van der Waals surface area contributed by atoms with E-state index in [2.05, 4.69) is 33.2 Å². The lowest BCUT2D eigenvalue weighted by atomic mass is 10.1. The van der Waals surface area contributed by atoms with Crippen LogP contribution in [0.15, 0.2) is 60.9 Å². The maximum Gasteiger partial charge on any atom is 0.166 e. The highest BCUT2D eigenvalue weighted by atomic mass is 16.5. The topological polar surface area (TPSA) is 50.8 Å². The lowest BCUT2D eigenvalue weighted by molar-refractivity contribution is 0.296. The minimum Gasteiger partial charge on any atom is -0.486 e. The van der Waals surface area contributed by atoms with Gasteiger partial charge in [0.1, 0.15) is 12.4 Å². The fourth-order valence-electron chi connectivity index (χ4n) is 2.48. The summed E-state index contributed by atoms with van der Waals surface area (Å²) in [6.07, 6.45) is 3.43. The number of rotatable bonds is 3. The van der Waals surface area contributed by atoms with E-state index in [1.807, 2.05) is 24.3 Å². The standard InChI is InChI=1S/C17H13N3O/c1-2-5-15-13(4-1)14-7-6-12(10-16(14)20-15)21-11-17-18-8-3-9-19-17/h1-10,20H,11H2. The van der Waals surface area contributed by atoms with Crippen LogP contribution in [0.3, 0.4) is 0 Å². The van der Waals surface area contributed by atoms with Crippen LogP contribution in [0.4, 0.5) is 0 Å². The van der Waals surface area contributed by atoms with Gasteiger partial charge in [0.15, 0.2) is 5.82 Å². The Morgan fingerprint density at radius 2 is 1.67 bits per heavy atom. The average molecular weight is 275 g/mol. The van der Waals surface area contributed by atoms with Gasteiger partial charge in [-0.3, -0.25) is 0 Å². The fraction of sp³-hybridized carbons (Fsp3) is 0.0588. The molecule has 0 fully saturated rings. The predicted octanol–water partition coefficient (Wildman–Crippen LogP) is 3.69. The van der Waals surface area contributed by atoms with Gasteiger partial charge in [0, 0.05) is 34.7 Å². The summed E-state index contributed by atoms with van der Waals surface area (Å²) in [4.78, 5) is 11.7. The number of nitrogens with zero attached hydrogens (tertiary/aromatic N) is 2. The molecule has 4 aromatic rings. The number of hydrogen-bond acceptors (Lipinski definition) is 3. The molecule has 0 saturated carbocycles. The van der Waals surface area contributed by atoms with Crippen LogP contribution in [0.25, 0.3) is 21.8 Å². The Bertz CT molecular complexity index is 900. The molecule has 0 aliphatic rings. The largest absolute Gasteiger partial charge is 0.486 e. The van der Waals surface area contributed by atoms with Crippen LogP contribution in [-0.4, -0.2) is 15.0 Å². The van der Waals surface area contributed by atoms with Crippen LogP contribution in [0, 0.1) is 0 Å². The Morgan fingerprint density at radius 3 is 2.57 bits per heavy atom. The second kappa shape index (κ2) is 4.90. The minimum absolute atomic E-state index is 0.368. The monoisotopic (exact) mass is 275 g/mol. The lowest BCUT2D eigenvalue weighted by Gasteiger charge is -2.04. The highest BCUT2D eigenvalue weighted by Gasteiger charge is 2.05. The highest BCUT2D eigenvalue weighted by molar-refractivity contribution is 6.07. The number of ether oxygens (including phenoxy) is 1. The molecule has 0 atom stereocenters. The lowest BCUT2D eigenvalue weighted by Crippen LogP contribution is -2.00. The van der Waals surface area contributed by atoms with Crippen molar-refractivity contribution in [1.82, 2.24) is 15.0 Å². The van der Waals surface area contributed by atoms with Crippen molar-refractivity contribution in [3.63, 3.8) is 0 Å². The van der Waals surface area contributed by atoms with E-state index in [0.29, 0.717) is 12.4 Å². The molecular formula is C17H13N3O.